The fraction of sp³-hybridized carbons (Fsp3) is 0.538. The molecule has 1 atom stereocenters. The molecular formula is C13H21ISi. The largest absolute Gasteiger partial charge is 0.152 e. The third-order valence-electron chi connectivity index (χ3n) is 2.88. The third-order valence-corrected chi connectivity index (χ3v) is 9.19. The molecule has 0 aliphatic carbocycles. The monoisotopic (exact) mass is 332 g/mol. The standard InChI is InChI=1S/C13H21ISi/c1-3-4-5-9-12-15(2,14)13-10-7-6-8-11-13/h6-8,10-11H,3-5,9,12H2,1-2H3. The zero-order valence-electron chi connectivity index (χ0n) is 9.80. The molecule has 0 aliphatic heterocycles. The van der Waals surface area contributed by atoms with Crippen molar-refractivity contribution in [3.05, 3.63) is 30.3 Å². The van der Waals surface area contributed by atoms with Gasteiger partial charge < -0.3 is 0 Å². The number of hydrogen-bond donors (Lipinski definition) is 0. The molecule has 0 amide bonds. The summed E-state index contributed by atoms with van der Waals surface area (Å²) >= 11 is 2.73. The van der Waals surface area contributed by atoms with Gasteiger partial charge in [0.2, 0.25) is 0 Å². The van der Waals surface area contributed by atoms with Crippen LogP contribution in [0.2, 0.25) is 12.6 Å². The summed E-state index contributed by atoms with van der Waals surface area (Å²) in [5.41, 5.74) is -1.16. The molecule has 1 aromatic carbocycles. The van der Waals surface area contributed by atoms with Crippen LogP contribution >= 0.6 is 21.8 Å². The summed E-state index contributed by atoms with van der Waals surface area (Å²) in [6.45, 7) is 4.76. The maximum Gasteiger partial charge on any atom is 0.152 e. The van der Waals surface area contributed by atoms with Crippen LogP contribution in [0, 0.1) is 0 Å². The zero-order valence-corrected chi connectivity index (χ0v) is 13.0. The number of rotatable bonds is 6. The summed E-state index contributed by atoms with van der Waals surface area (Å²) in [6, 6.07) is 12.5. The van der Waals surface area contributed by atoms with Crippen LogP contribution in [0.15, 0.2) is 30.3 Å². The SMILES string of the molecule is CCCCCC[Si](C)(I)c1ccccc1. The lowest BCUT2D eigenvalue weighted by molar-refractivity contribution is 0.699. The Hall–Kier alpha value is 0.167. The van der Waals surface area contributed by atoms with Gasteiger partial charge in [0.25, 0.3) is 0 Å². The summed E-state index contributed by atoms with van der Waals surface area (Å²) in [4.78, 5) is 0. The van der Waals surface area contributed by atoms with Gasteiger partial charge in [-0.1, -0.05) is 69.5 Å². The quantitative estimate of drug-likeness (QED) is 0.312. The highest BCUT2D eigenvalue weighted by Gasteiger charge is 2.24. The summed E-state index contributed by atoms with van der Waals surface area (Å²) < 4.78 is 0. The minimum absolute atomic E-state index is 1.16. The van der Waals surface area contributed by atoms with Crippen molar-refractivity contribution in [2.24, 2.45) is 0 Å². The van der Waals surface area contributed by atoms with Crippen LogP contribution in [0.25, 0.3) is 0 Å². The van der Waals surface area contributed by atoms with Gasteiger partial charge in [-0.25, -0.2) is 0 Å². The zero-order chi connectivity index (χ0) is 11.1. The molecular weight excluding hydrogens is 311 g/mol. The molecule has 15 heavy (non-hydrogen) atoms. The Morgan fingerprint density at radius 3 is 2.33 bits per heavy atom. The smallest absolute Gasteiger partial charge is 0.113 e. The molecule has 0 bridgehead atoms. The van der Waals surface area contributed by atoms with Crippen LogP contribution in [0.1, 0.15) is 32.6 Å². The van der Waals surface area contributed by atoms with Gasteiger partial charge in [-0.05, 0) is 11.2 Å². The summed E-state index contributed by atoms with van der Waals surface area (Å²) in [7, 11) is 0. The van der Waals surface area contributed by atoms with Crippen LogP contribution in [0.3, 0.4) is 0 Å². The van der Waals surface area contributed by atoms with Crippen molar-refractivity contribution in [2.45, 2.75) is 45.2 Å². The molecule has 1 unspecified atom stereocenters. The van der Waals surface area contributed by atoms with E-state index < -0.39 is 5.57 Å². The second-order valence-corrected chi connectivity index (χ2v) is 15.0. The van der Waals surface area contributed by atoms with Gasteiger partial charge in [-0.2, -0.15) is 0 Å². The maximum absolute atomic E-state index is 2.73. The Morgan fingerprint density at radius 2 is 1.73 bits per heavy atom. The average Bonchev–Trinajstić information content (AvgIpc) is 2.26. The van der Waals surface area contributed by atoms with E-state index in [0.29, 0.717) is 0 Å². The molecule has 1 aromatic rings. The fourth-order valence-corrected chi connectivity index (χ4v) is 6.13. The Kier molecular flexibility index (Phi) is 5.90. The van der Waals surface area contributed by atoms with Gasteiger partial charge in [-0.15, -0.1) is 21.8 Å². The topological polar surface area (TPSA) is 0 Å². The molecule has 0 radical (unpaired) electrons. The first kappa shape index (κ1) is 13.2. The molecule has 1 rings (SSSR count). The number of hydrogen-bond acceptors (Lipinski definition) is 0. The van der Waals surface area contributed by atoms with Gasteiger partial charge in [0, 0.05) is 0 Å². The Labute approximate surface area is 108 Å². The van der Waals surface area contributed by atoms with E-state index in [0.717, 1.165) is 0 Å². The van der Waals surface area contributed by atoms with E-state index in [9.17, 15) is 0 Å². The van der Waals surface area contributed by atoms with Crippen molar-refractivity contribution in [3.63, 3.8) is 0 Å². The normalized spacial score (nSPS) is 14.9. The first-order valence-electron chi connectivity index (χ1n) is 5.91. The minimum Gasteiger partial charge on any atom is -0.113 e. The van der Waals surface area contributed by atoms with Crippen molar-refractivity contribution in [1.29, 1.82) is 0 Å². The highest BCUT2D eigenvalue weighted by atomic mass is 127. The second kappa shape index (κ2) is 6.69. The molecule has 0 saturated heterocycles. The summed E-state index contributed by atoms with van der Waals surface area (Å²) in [5, 5.41) is 1.60. The predicted molar refractivity (Wildman–Crippen MR) is 80.7 cm³/mol. The number of halogens is 1. The van der Waals surface area contributed by atoms with Crippen LogP contribution in [-0.2, 0) is 0 Å². The van der Waals surface area contributed by atoms with Gasteiger partial charge in [0.1, 0.15) is 0 Å². The van der Waals surface area contributed by atoms with Gasteiger partial charge in [-0.3, -0.25) is 0 Å². The van der Waals surface area contributed by atoms with E-state index in [2.05, 4.69) is 65.6 Å². The molecule has 0 fully saturated rings. The van der Waals surface area contributed by atoms with Crippen molar-refractivity contribution >= 4 is 32.6 Å². The number of unbranched alkanes of at least 4 members (excludes halogenated alkanes) is 3. The number of benzene rings is 1. The van der Waals surface area contributed by atoms with Crippen molar-refractivity contribution in [2.75, 3.05) is 0 Å². The first-order chi connectivity index (χ1) is 7.17. The van der Waals surface area contributed by atoms with Gasteiger partial charge in [0.15, 0.2) is 5.57 Å². The van der Waals surface area contributed by atoms with E-state index in [1.807, 2.05) is 0 Å². The molecule has 0 aromatic heterocycles. The summed E-state index contributed by atoms with van der Waals surface area (Å²) in [6.07, 6.45) is 5.56. The molecule has 0 nitrogen and oxygen atoms in total. The lowest BCUT2D eigenvalue weighted by Crippen LogP contribution is -2.37. The predicted octanol–water partition coefficient (Wildman–Crippen LogP) is 4.48. The van der Waals surface area contributed by atoms with Crippen LogP contribution in [0.5, 0.6) is 0 Å². The van der Waals surface area contributed by atoms with Gasteiger partial charge in [0.05, 0.1) is 0 Å². The van der Waals surface area contributed by atoms with Crippen LogP contribution in [-0.4, -0.2) is 5.57 Å². The highest BCUT2D eigenvalue weighted by molar-refractivity contribution is 14.1. The molecule has 0 heterocycles. The Balaban J connectivity index is 2.45. The highest BCUT2D eigenvalue weighted by Crippen LogP contribution is 2.22. The molecule has 0 aliphatic rings. The maximum atomic E-state index is 2.73. The van der Waals surface area contributed by atoms with Crippen molar-refractivity contribution in [1.82, 2.24) is 0 Å². The van der Waals surface area contributed by atoms with E-state index >= 15 is 0 Å². The van der Waals surface area contributed by atoms with E-state index in [-0.39, 0.29) is 0 Å². The second-order valence-electron chi connectivity index (χ2n) is 4.37. The molecule has 0 spiro atoms. The van der Waals surface area contributed by atoms with Gasteiger partial charge >= 0.3 is 0 Å². The van der Waals surface area contributed by atoms with Crippen molar-refractivity contribution < 1.29 is 0 Å². The van der Waals surface area contributed by atoms with Crippen LogP contribution < -0.4 is 5.19 Å². The minimum atomic E-state index is -1.16. The Bertz CT molecular complexity index is 269. The van der Waals surface area contributed by atoms with E-state index in [4.69, 9.17) is 0 Å². The van der Waals surface area contributed by atoms with E-state index in [1.54, 1.807) is 5.19 Å². The summed E-state index contributed by atoms with van der Waals surface area (Å²) in [5.74, 6) is 0. The molecule has 2 heteroatoms. The fourth-order valence-electron chi connectivity index (χ4n) is 1.81. The first-order valence-corrected chi connectivity index (χ1v) is 11.7. The van der Waals surface area contributed by atoms with Crippen LogP contribution in [0.4, 0.5) is 0 Å². The molecule has 84 valence electrons. The molecule has 0 saturated carbocycles. The Morgan fingerprint density at radius 1 is 1.07 bits per heavy atom. The van der Waals surface area contributed by atoms with E-state index in [1.165, 1.54) is 31.7 Å². The lowest BCUT2D eigenvalue weighted by Gasteiger charge is -2.20. The molecule has 0 N–H and O–H groups in total. The third kappa shape index (κ3) is 4.68. The van der Waals surface area contributed by atoms with Crippen molar-refractivity contribution in [3.8, 4) is 0 Å². The average molecular weight is 332 g/mol. The lowest BCUT2D eigenvalue weighted by atomic mass is 10.2.